The molecule has 0 saturated carbocycles. The van der Waals surface area contributed by atoms with Gasteiger partial charge in [-0.2, -0.15) is 10.2 Å². The Bertz CT molecular complexity index is 1560. The van der Waals surface area contributed by atoms with E-state index in [9.17, 15) is 4.79 Å². The van der Waals surface area contributed by atoms with E-state index in [-0.39, 0.29) is 0 Å². The number of hydrazine groups is 1. The zero-order chi connectivity index (χ0) is 24.5. The summed E-state index contributed by atoms with van der Waals surface area (Å²) in [4.78, 5) is 16.6. The molecule has 11 heteroatoms. The molecule has 0 fully saturated rings. The minimum absolute atomic E-state index is 0.338. The largest absolute Gasteiger partial charge is 0.397 e. The van der Waals surface area contributed by atoms with Crippen molar-refractivity contribution in [3.63, 3.8) is 0 Å². The molecule has 0 atom stereocenters. The molecule has 0 saturated heterocycles. The molecule has 10 nitrogen and oxygen atoms in total. The van der Waals surface area contributed by atoms with Crippen molar-refractivity contribution in [1.29, 1.82) is 0 Å². The lowest BCUT2D eigenvalue weighted by atomic mass is 10.1. The number of nitrogens with two attached hydrogens (primary N) is 2. The fourth-order valence-corrected chi connectivity index (χ4v) is 5.30. The summed E-state index contributed by atoms with van der Waals surface area (Å²) < 4.78 is 3.05. The van der Waals surface area contributed by atoms with Crippen LogP contribution in [0.5, 0.6) is 0 Å². The number of thiazole rings is 1. The number of aryl methyl sites for hydroxylation is 1. The Kier molecular flexibility index (Phi) is 5.93. The van der Waals surface area contributed by atoms with Crippen molar-refractivity contribution in [3.8, 4) is 0 Å². The van der Waals surface area contributed by atoms with Gasteiger partial charge in [0.05, 0.1) is 40.5 Å². The Labute approximate surface area is 205 Å². The van der Waals surface area contributed by atoms with Crippen LogP contribution in [0.2, 0.25) is 0 Å². The maximum atomic E-state index is 11.8. The Morgan fingerprint density at radius 3 is 2.86 bits per heavy atom. The molecule has 5 rings (SSSR count). The standard InChI is InChI=1S/C24H25N9OS/c1-14-17(11-28-33(13-34)12-16-6-4-7-19-18(16)10-27-31-19)23-24(32(14)2)29-21(35-23)9-15-5-3-8-20(30-26)22(15)25/h3-8,10-11,13,30H,9,12,25-26H2,1-2H3,(H,27,31)/b28-11-. The van der Waals surface area contributed by atoms with Crippen molar-refractivity contribution in [2.24, 2.45) is 18.0 Å². The van der Waals surface area contributed by atoms with Crippen molar-refractivity contribution in [3.05, 3.63) is 70.0 Å². The van der Waals surface area contributed by atoms with Crippen LogP contribution >= 0.6 is 11.3 Å². The van der Waals surface area contributed by atoms with Gasteiger partial charge in [-0.25, -0.2) is 9.99 Å². The predicted molar refractivity (Wildman–Crippen MR) is 140 cm³/mol. The van der Waals surface area contributed by atoms with E-state index in [0.717, 1.165) is 55.1 Å². The number of aromatic nitrogens is 4. The number of carbonyl (C=O) groups excluding carboxylic acids is 1. The van der Waals surface area contributed by atoms with Gasteiger partial charge >= 0.3 is 0 Å². The van der Waals surface area contributed by atoms with Gasteiger partial charge in [0.2, 0.25) is 6.41 Å². The first-order chi connectivity index (χ1) is 17.0. The maximum Gasteiger partial charge on any atom is 0.230 e. The third-order valence-corrected chi connectivity index (χ3v) is 7.24. The molecule has 0 bridgehead atoms. The van der Waals surface area contributed by atoms with E-state index in [4.69, 9.17) is 16.6 Å². The molecular weight excluding hydrogens is 462 g/mol. The van der Waals surface area contributed by atoms with Gasteiger partial charge in [0.15, 0.2) is 5.65 Å². The van der Waals surface area contributed by atoms with Gasteiger partial charge in [0.25, 0.3) is 0 Å². The topological polar surface area (TPSA) is 143 Å². The number of fused-ring (bicyclic) bond motifs is 2. The highest BCUT2D eigenvalue weighted by atomic mass is 32.1. The molecule has 1 amide bonds. The molecule has 0 aliphatic heterocycles. The van der Waals surface area contributed by atoms with Crippen molar-refractivity contribution in [2.45, 2.75) is 19.9 Å². The van der Waals surface area contributed by atoms with E-state index in [1.807, 2.05) is 54.9 Å². The predicted octanol–water partition coefficient (Wildman–Crippen LogP) is 3.27. The van der Waals surface area contributed by atoms with E-state index in [1.165, 1.54) is 5.01 Å². The highest BCUT2D eigenvalue weighted by Gasteiger charge is 2.17. The molecule has 3 aromatic heterocycles. The number of amides is 1. The SMILES string of the molecule is Cc1c(/C=N\N(C=O)Cc2cccc3[nH]ncc23)c2sc(Cc3cccc(NN)c3N)nc2n1C. The van der Waals surface area contributed by atoms with Gasteiger partial charge in [-0.15, -0.1) is 11.3 Å². The Morgan fingerprint density at radius 1 is 1.26 bits per heavy atom. The van der Waals surface area contributed by atoms with Crippen molar-refractivity contribution in [2.75, 3.05) is 11.2 Å². The Morgan fingerprint density at radius 2 is 2.06 bits per heavy atom. The van der Waals surface area contributed by atoms with E-state index in [0.29, 0.717) is 24.3 Å². The van der Waals surface area contributed by atoms with Crippen LogP contribution in [0, 0.1) is 6.92 Å². The van der Waals surface area contributed by atoms with Crippen LogP contribution in [0.4, 0.5) is 11.4 Å². The smallest absolute Gasteiger partial charge is 0.230 e. The molecule has 3 heterocycles. The summed E-state index contributed by atoms with van der Waals surface area (Å²) in [7, 11) is 1.98. The van der Waals surface area contributed by atoms with Gasteiger partial charge in [0.1, 0.15) is 5.01 Å². The molecule has 2 aromatic carbocycles. The molecule has 0 radical (unpaired) electrons. The number of anilines is 2. The number of hydrogen-bond acceptors (Lipinski definition) is 8. The van der Waals surface area contributed by atoms with E-state index in [1.54, 1.807) is 23.7 Å². The Hall–Kier alpha value is -4.22. The van der Waals surface area contributed by atoms with Crippen LogP contribution in [0.1, 0.15) is 27.4 Å². The highest BCUT2D eigenvalue weighted by Crippen LogP contribution is 2.32. The lowest BCUT2D eigenvalue weighted by Crippen LogP contribution is -2.15. The summed E-state index contributed by atoms with van der Waals surface area (Å²) >= 11 is 1.59. The van der Waals surface area contributed by atoms with Crippen molar-refractivity contribution < 1.29 is 4.79 Å². The molecule has 0 spiro atoms. The zero-order valence-electron chi connectivity index (χ0n) is 19.3. The van der Waals surface area contributed by atoms with Gasteiger partial charge < -0.3 is 15.7 Å². The highest BCUT2D eigenvalue weighted by molar-refractivity contribution is 7.19. The first-order valence-corrected chi connectivity index (χ1v) is 11.8. The number of nitrogens with zero attached hydrogens (tertiary/aromatic N) is 5. The number of hydrogen-bond donors (Lipinski definition) is 4. The first-order valence-electron chi connectivity index (χ1n) is 11.0. The van der Waals surface area contributed by atoms with Crippen molar-refractivity contribution in [1.82, 2.24) is 24.8 Å². The van der Waals surface area contributed by atoms with Crippen LogP contribution in [0.3, 0.4) is 0 Å². The van der Waals surface area contributed by atoms with Crippen LogP contribution in [0.15, 0.2) is 47.7 Å². The molecule has 0 aliphatic carbocycles. The average molecular weight is 488 g/mol. The first kappa shape index (κ1) is 22.6. The quantitative estimate of drug-likeness (QED) is 0.0870. The van der Waals surface area contributed by atoms with Crippen molar-refractivity contribution >= 4 is 56.6 Å². The van der Waals surface area contributed by atoms with Gasteiger partial charge in [-0.05, 0) is 30.2 Å². The van der Waals surface area contributed by atoms with Crippen LogP contribution < -0.4 is 17.0 Å². The number of carbonyl (C=O) groups is 1. The van der Waals surface area contributed by atoms with Gasteiger partial charge in [-0.1, -0.05) is 24.3 Å². The molecular formula is C24H25N9OS. The van der Waals surface area contributed by atoms with E-state index < -0.39 is 0 Å². The lowest BCUT2D eigenvalue weighted by Gasteiger charge is -2.11. The number of benzene rings is 2. The molecule has 5 aromatic rings. The monoisotopic (exact) mass is 487 g/mol. The number of nitrogen functional groups attached to an aromatic ring is 2. The summed E-state index contributed by atoms with van der Waals surface area (Å²) in [5.41, 5.74) is 15.8. The Balaban J connectivity index is 1.43. The third kappa shape index (κ3) is 4.11. The maximum absolute atomic E-state index is 11.8. The second kappa shape index (κ2) is 9.20. The summed E-state index contributed by atoms with van der Waals surface area (Å²) in [6, 6.07) is 11.6. The van der Waals surface area contributed by atoms with Crippen LogP contribution in [-0.4, -0.2) is 37.4 Å². The summed E-state index contributed by atoms with van der Waals surface area (Å²) in [5, 5.41) is 14.8. The lowest BCUT2D eigenvalue weighted by molar-refractivity contribution is -0.118. The van der Waals surface area contributed by atoms with Crippen LogP contribution in [0.25, 0.3) is 21.3 Å². The number of H-pyrrole nitrogens is 1. The average Bonchev–Trinajstić information content (AvgIpc) is 3.56. The normalized spacial score (nSPS) is 11.6. The minimum atomic E-state index is 0.338. The number of aromatic amines is 1. The molecule has 6 N–H and O–H groups in total. The fraction of sp³-hybridized carbons (Fsp3) is 0.167. The number of rotatable bonds is 8. The van der Waals surface area contributed by atoms with Gasteiger partial charge in [0, 0.05) is 30.1 Å². The number of para-hydroxylation sites is 1. The fourth-order valence-electron chi connectivity index (χ4n) is 4.12. The summed E-state index contributed by atoms with van der Waals surface area (Å²) in [6.07, 6.45) is 4.81. The second-order valence-electron chi connectivity index (χ2n) is 8.21. The second-order valence-corrected chi connectivity index (χ2v) is 9.30. The third-order valence-electron chi connectivity index (χ3n) is 6.17. The molecule has 0 unspecified atom stereocenters. The van der Waals surface area contributed by atoms with E-state index in [2.05, 4.69) is 20.7 Å². The summed E-state index contributed by atoms with van der Waals surface area (Å²) in [5.74, 6) is 5.56. The minimum Gasteiger partial charge on any atom is -0.397 e. The molecule has 178 valence electrons. The number of hydrazone groups is 1. The number of nitrogens with one attached hydrogen (secondary N) is 2. The molecule has 35 heavy (non-hydrogen) atoms. The molecule has 0 aliphatic rings. The van der Waals surface area contributed by atoms with Gasteiger partial charge in [-0.3, -0.25) is 15.7 Å². The zero-order valence-corrected chi connectivity index (χ0v) is 20.1. The summed E-state index contributed by atoms with van der Waals surface area (Å²) in [6.45, 7) is 2.35. The van der Waals surface area contributed by atoms with E-state index >= 15 is 0 Å². The van der Waals surface area contributed by atoms with Crippen LogP contribution in [-0.2, 0) is 24.8 Å².